The number of nitrogens with two attached hydrogens (primary N) is 1. The van der Waals surface area contributed by atoms with Gasteiger partial charge in [-0.05, 0) is 36.5 Å². The van der Waals surface area contributed by atoms with E-state index in [2.05, 4.69) is 6.92 Å². The molecule has 0 radical (unpaired) electrons. The van der Waals surface area contributed by atoms with Crippen molar-refractivity contribution in [3.05, 3.63) is 29.8 Å². The molecular formula is C16H24N2O2. The van der Waals surface area contributed by atoms with E-state index >= 15 is 0 Å². The normalized spacial score (nSPS) is 17.6. The molecule has 110 valence electrons. The molecule has 1 aromatic carbocycles. The summed E-state index contributed by atoms with van der Waals surface area (Å²) in [5.74, 6) is 0.454. The zero-order chi connectivity index (χ0) is 14.7. The summed E-state index contributed by atoms with van der Waals surface area (Å²) in [6, 6.07) is 6.96. The Morgan fingerprint density at radius 1 is 1.50 bits per heavy atom. The summed E-state index contributed by atoms with van der Waals surface area (Å²) in [6.07, 6.45) is 3.01. The maximum absolute atomic E-state index is 12.6. The number of rotatable bonds is 6. The number of hydrogen-bond acceptors (Lipinski definition) is 3. The molecule has 1 aromatic rings. The summed E-state index contributed by atoms with van der Waals surface area (Å²) in [5, 5.41) is 9.53. The SMILES string of the molecule is CCC(C)[C@H](N)C(=O)N(Cc1cccc(O)c1)C1CC1. The molecule has 1 aliphatic carbocycles. The smallest absolute Gasteiger partial charge is 0.240 e. The second kappa shape index (κ2) is 6.27. The highest BCUT2D eigenvalue weighted by molar-refractivity contribution is 5.82. The molecule has 1 aliphatic rings. The average Bonchev–Trinajstić information content (AvgIpc) is 3.27. The van der Waals surface area contributed by atoms with E-state index in [-0.39, 0.29) is 17.6 Å². The van der Waals surface area contributed by atoms with Gasteiger partial charge in [-0.1, -0.05) is 32.4 Å². The van der Waals surface area contributed by atoms with Crippen LogP contribution in [0.2, 0.25) is 0 Å². The van der Waals surface area contributed by atoms with Gasteiger partial charge in [0, 0.05) is 12.6 Å². The third kappa shape index (κ3) is 3.51. The van der Waals surface area contributed by atoms with Crippen LogP contribution in [-0.2, 0) is 11.3 Å². The summed E-state index contributed by atoms with van der Waals surface area (Å²) < 4.78 is 0. The number of phenols is 1. The minimum Gasteiger partial charge on any atom is -0.508 e. The standard InChI is InChI=1S/C16H24N2O2/c1-3-11(2)15(17)16(20)18(13-7-8-13)10-12-5-4-6-14(19)9-12/h4-6,9,11,13,15,19H,3,7-8,10,17H2,1-2H3/t11?,15-/m0/s1. The Morgan fingerprint density at radius 2 is 2.20 bits per heavy atom. The van der Waals surface area contributed by atoms with E-state index in [1.165, 1.54) is 0 Å². The molecule has 0 aliphatic heterocycles. The number of nitrogens with zero attached hydrogens (tertiary/aromatic N) is 1. The van der Waals surface area contributed by atoms with Crippen LogP contribution in [0.4, 0.5) is 0 Å². The molecule has 1 unspecified atom stereocenters. The van der Waals surface area contributed by atoms with Gasteiger partial charge in [0.05, 0.1) is 6.04 Å². The van der Waals surface area contributed by atoms with Crippen molar-refractivity contribution in [2.75, 3.05) is 0 Å². The zero-order valence-electron chi connectivity index (χ0n) is 12.2. The van der Waals surface area contributed by atoms with E-state index in [0.717, 1.165) is 24.8 Å². The molecule has 1 fully saturated rings. The van der Waals surface area contributed by atoms with Crippen molar-refractivity contribution in [3.8, 4) is 5.75 Å². The van der Waals surface area contributed by atoms with Crippen LogP contribution in [0.5, 0.6) is 5.75 Å². The highest BCUT2D eigenvalue weighted by Gasteiger charge is 2.35. The molecule has 0 heterocycles. The Balaban J connectivity index is 2.09. The van der Waals surface area contributed by atoms with Crippen LogP contribution >= 0.6 is 0 Å². The van der Waals surface area contributed by atoms with Gasteiger partial charge in [-0.2, -0.15) is 0 Å². The molecule has 0 spiro atoms. The van der Waals surface area contributed by atoms with Crippen LogP contribution in [0.15, 0.2) is 24.3 Å². The van der Waals surface area contributed by atoms with Gasteiger partial charge in [0.15, 0.2) is 0 Å². The Bertz CT molecular complexity index is 471. The van der Waals surface area contributed by atoms with Gasteiger partial charge >= 0.3 is 0 Å². The number of aromatic hydroxyl groups is 1. The predicted octanol–water partition coefficient (Wildman–Crippen LogP) is 2.26. The van der Waals surface area contributed by atoms with Crippen molar-refractivity contribution in [2.24, 2.45) is 11.7 Å². The first-order valence-electron chi connectivity index (χ1n) is 7.37. The predicted molar refractivity (Wildman–Crippen MR) is 79.1 cm³/mol. The largest absolute Gasteiger partial charge is 0.508 e. The fourth-order valence-corrected chi connectivity index (χ4v) is 2.31. The van der Waals surface area contributed by atoms with Gasteiger partial charge in [-0.25, -0.2) is 0 Å². The van der Waals surface area contributed by atoms with E-state index in [1.54, 1.807) is 18.2 Å². The highest BCUT2D eigenvalue weighted by Crippen LogP contribution is 2.30. The Kier molecular flexibility index (Phi) is 4.65. The molecule has 1 amide bonds. The topological polar surface area (TPSA) is 66.6 Å². The minimum absolute atomic E-state index is 0.0326. The third-order valence-corrected chi connectivity index (χ3v) is 4.08. The van der Waals surface area contributed by atoms with Crippen LogP contribution < -0.4 is 5.73 Å². The molecule has 3 N–H and O–H groups in total. The Hall–Kier alpha value is -1.55. The van der Waals surface area contributed by atoms with Gasteiger partial charge < -0.3 is 15.7 Å². The lowest BCUT2D eigenvalue weighted by atomic mass is 9.98. The van der Waals surface area contributed by atoms with E-state index in [9.17, 15) is 9.90 Å². The van der Waals surface area contributed by atoms with Crippen LogP contribution in [-0.4, -0.2) is 28.0 Å². The highest BCUT2D eigenvalue weighted by atomic mass is 16.3. The Morgan fingerprint density at radius 3 is 2.75 bits per heavy atom. The second-order valence-corrected chi connectivity index (χ2v) is 5.78. The Labute approximate surface area is 120 Å². The van der Waals surface area contributed by atoms with Crippen LogP contribution in [0.1, 0.15) is 38.7 Å². The van der Waals surface area contributed by atoms with Crippen molar-refractivity contribution >= 4 is 5.91 Å². The fraction of sp³-hybridized carbons (Fsp3) is 0.562. The maximum Gasteiger partial charge on any atom is 0.240 e. The zero-order valence-corrected chi connectivity index (χ0v) is 12.2. The van der Waals surface area contributed by atoms with Crippen LogP contribution in [0.25, 0.3) is 0 Å². The summed E-state index contributed by atoms with van der Waals surface area (Å²) >= 11 is 0. The van der Waals surface area contributed by atoms with Crippen molar-refractivity contribution in [1.29, 1.82) is 0 Å². The maximum atomic E-state index is 12.6. The molecule has 4 heteroatoms. The van der Waals surface area contributed by atoms with Crippen LogP contribution in [0, 0.1) is 5.92 Å². The first kappa shape index (κ1) is 14.9. The molecule has 0 saturated heterocycles. The number of benzene rings is 1. The number of carbonyl (C=O) groups excluding carboxylic acids is 1. The van der Waals surface area contributed by atoms with Crippen LogP contribution in [0.3, 0.4) is 0 Å². The number of carbonyl (C=O) groups is 1. The molecule has 2 rings (SSSR count). The lowest BCUT2D eigenvalue weighted by Crippen LogP contribution is -2.47. The number of hydrogen-bond donors (Lipinski definition) is 2. The molecule has 2 atom stereocenters. The first-order chi connectivity index (χ1) is 9.52. The van der Waals surface area contributed by atoms with Gasteiger partial charge in [-0.3, -0.25) is 4.79 Å². The second-order valence-electron chi connectivity index (χ2n) is 5.78. The molecule has 0 bridgehead atoms. The molecular weight excluding hydrogens is 252 g/mol. The lowest BCUT2D eigenvalue weighted by Gasteiger charge is -2.28. The van der Waals surface area contributed by atoms with Gasteiger partial charge in [-0.15, -0.1) is 0 Å². The van der Waals surface area contributed by atoms with Crippen molar-refractivity contribution in [2.45, 2.75) is 51.7 Å². The van der Waals surface area contributed by atoms with Gasteiger partial charge in [0.2, 0.25) is 5.91 Å². The first-order valence-corrected chi connectivity index (χ1v) is 7.37. The third-order valence-electron chi connectivity index (χ3n) is 4.08. The van der Waals surface area contributed by atoms with E-state index in [1.807, 2.05) is 17.9 Å². The molecule has 4 nitrogen and oxygen atoms in total. The minimum atomic E-state index is -0.432. The van der Waals surface area contributed by atoms with Gasteiger partial charge in [0.1, 0.15) is 5.75 Å². The summed E-state index contributed by atoms with van der Waals surface area (Å²) in [6.45, 7) is 4.60. The molecule has 0 aromatic heterocycles. The molecule has 1 saturated carbocycles. The number of amides is 1. The summed E-state index contributed by atoms with van der Waals surface area (Å²) in [5.41, 5.74) is 7.03. The molecule has 20 heavy (non-hydrogen) atoms. The van der Waals surface area contributed by atoms with Crippen molar-refractivity contribution in [3.63, 3.8) is 0 Å². The average molecular weight is 276 g/mol. The monoisotopic (exact) mass is 276 g/mol. The quantitative estimate of drug-likeness (QED) is 0.837. The number of phenolic OH excluding ortho intramolecular Hbond substituents is 1. The van der Waals surface area contributed by atoms with Crippen molar-refractivity contribution in [1.82, 2.24) is 4.90 Å². The van der Waals surface area contributed by atoms with E-state index in [4.69, 9.17) is 5.73 Å². The van der Waals surface area contributed by atoms with E-state index < -0.39 is 6.04 Å². The van der Waals surface area contributed by atoms with Gasteiger partial charge in [0.25, 0.3) is 0 Å². The summed E-state index contributed by atoms with van der Waals surface area (Å²) in [4.78, 5) is 14.4. The van der Waals surface area contributed by atoms with Crippen molar-refractivity contribution < 1.29 is 9.90 Å². The van der Waals surface area contributed by atoms with E-state index in [0.29, 0.717) is 12.6 Å². The fourth-order valence-electron chi connectivity index (χ4n) is 2.31. The summed E-state index contributed by atoms with van der Waals surface area (Å²) in [7, 11) is 0. The lowest BCUT2D eigenvalue weighted by molar-refractivity contribution is -0.135.